The average Bonchev–Trinajstić information content (AvgIpc) is 2.85. The van der Waals surface area contributed by atoms with E-state index < -0.39 is 0 Å². The zero-order valence-electron chi connectivity index (χ0n) is 13.2. The van der Waals surface area contributed by atoms with Crippen LogP contribution >= 0.6 is 0 Å². The predicted octanol–water partition coefficient (Wildman–Crippen LogP) is 2.87. The predicted molar refractivity (Wildman–Crippen MR) is 79.4 cm³/mol. The summed E-state index contributed by atoms with van der Waals surface area (Å²) >= 11 is 0. The number of esters is 1. The van der Waals surface area contributed by atoms with Crippen LogP contribution in [0.1, 0.15) is 58.1 Å². The van der Waals surface area contributed by atoms with Crippen molar-refractivity contribution in [3.05, 3.63) is 18.2 Å². The number of carbonyl (C=O) groups is 1. The number of rotatable bonds is 10. The van der Waals surface area contributed by atoms with Gasteiger partial charge < -0.3 is 4.74 Å². The summed E-state index contributed by atoms with van der Waals surface area (Å²) < 4.78 is 9.28. The highest BCUT2D eigenvalue weighted by molar-refractivity contribution is 5.69. The zero-order chi connectivity index (χ0) is 14.8. The molecule has 20 heavy (non-hydrogen) atoms. The summed E-state index contributed by atoms with van der Waals surface area (Å²) in [6, 6.07) is 0. The van der Waals surface area contributed by atoms with Crippen molar-refractivity contribution in [2.75, 3.05) is 7.11 Å². The number of hydrogen-bond donors (Lipinski definition) is 0. The number of aromatic nitrogens is 2. The molecule has 0 saturated carbocycles. The van der Waals surface area contributed by atoms with Gasteiger partial charge in [0.25, 0.3) is 0 Å². The quantitative estimate of drug-likeness (QED) is 0.375. The molecule has 1 aromatic heterocycles. The maximum absolute atomic E-state index is 11.3. The number of unbranched alkanes of at least 4 members (excludes halogenated alkanes) is 3. The SMILES string of the molecule is CCCCC[n+]1cc(CCC(=O)OC)n(CCCC)c1. The molecule has 0 bridgehead atoms. The van der Waals surface area contributed by atoms with Gasteiger partial charge in [-0.05, 0) is 19.3 Å². The van der Waals surface area contributed by atoms with Crippen LogP contribution in [-0.2, 0) is 29.0 Å². The molecule has 0 atom stereocenters. The first-order valence-corrected chi connectivity index (χ1v) is 7.86. The van der Waals surface area contributed by atoms with Crippen molar-refractivity contribution < 1.29 is 14.1 Å². The molecular weight excluding hydrogens is 252 g/mol. The molecular formula is C16H29N2O2+. The van der Waals surface area contributed by atoms with E-state index in [0.717, 1.165) is 19.5 Å². The lowest BCUT2D eigenvalue weighted by Gasteiger charge is -2.00. The molecule has 0 saturated heterocycles. The van der Waals surface area contributed by atoms with E-state index in [1.165, 1.54) is 44.9 Å². The maximum atomic E-state index is 11.3. The summed E-state index contributed by atoms with van der Waals surface area (Å²) in [6.45, 7) is 6.53. The fraction of sp³-hybridized carbons (Fsp3) is 0.750. The normalized spacial score (nSPS) is 10.8. The Morgan fingerprint density at radius 2 is 2.00 bits per heavy atom. The topological polar surface area (TPSA) is 35.1 Å². The zero-order valence-corrected chi connectivity index (χ0v) is 13.2. The molecule has 0 aliphatic carbocycles. The van der Waals surface area contributed by atoms with Crippen molar-refractivity contribution >= 4 is 5.97 Å². The van der Waals surface area contributed by atoms with Gasteiger partial charge in [0.2, 0.25) is 6.33 Å². The molecule has 0 aliphatic rings. The Labute approximate surface area is 122 Å². The van der Waals surface area contributed by atoms with Crippen molar-refractivity contribution in [1.29, 1.82) is 0 Å². The number of ether oxygens (including phenoxy) is 1. The van der Waals surface area contributed by atoms with Crippen LogP contribution in [-0.4, -0.2) is 17.6 Å². The monoisotopic (exact) mass is 281 g/mol. The van der Waals surface area contributed by atoms with E-state index in [1.807, 2.05) is 0 Å². The molecule has 4 heteroatoms. The third kappa shape index (κ3) is 5.76. The summed E-state index contributed by atoms with van der Waals surface area (Å²) in [5.41, 5.74) is 1.24. The van der Waals surface area contributed by atoms with E-state index in [2.05, 4.69) is 35.5 Å². The molecule has 0 radical (unpaired) electrons. The summed E-state index contributed by atoms with van der Waals surface area (Å²) in [6.07, 6.45) is 11.7. The van der Waals surface area contributed by atoms with Gasteiger partial charge in [0.1, 0.15) is 11.9 Å². The number of imidazole rings is 1. The van der Waals surface area contributed by atoms with Gasteiger partial charge in [0, 0.05) is 6.42 Å². The minimum Gasteiger partial charge on any atom is -0.469 e. The Morgan fingerprint density at radius 1 is 1.25 bits per heavy atom. The summed E-state index contributed by atoms with van der Waals surface area (Å²) in [7, 11) is 1.45. The van der Waals surface area contributed by atoms with Crippen molar-refractivity contribution in [1.82, 2.24) is 4.57 Å². The second-order valence-electron chi connectivity index (χ2n) is 5.30. The molecule has 0 N–H and O–H groups in total. The third-order valence-corrected chi connectivity index (χ3v) is 3.56. The van der Waals surface area contributed by atoms with Crippen LogP contribution in [0.4, 0.5) is 0 Å². The molecule has 0 unspecified atom stereocenters. The lowest BCUT2D eigenvalue weighted by Crippen LogP contribution is -2.30. The molecule has 0 aromatic carbocycles. The van der Waals surface area contributed by atoms with Gasteiger partial charge >= 0.3 is 5.97 Å². The third-order valence-electron chi connectivity index (χ3n) is 3.56. The number of methoxy groups -OCH3 is 1. The molecule has 1 heterocycles. The van der Waals surface area contributed by atoms with E-state index in [1.54, 1.807) is 0 Å². The minimum atomic E-state index is -0.134. The molecule has 0 spiro atoms. The van der Waals surface area contributed by atoms with E-state index in [4.69, 9.17) is 4.74 Å². The van der Waals surface area contributed by atoms with Crippen LogP contribution < -0.4 is 4.57 Å². The number of hydrogen-bond acceptors (Lipinski definition) is 2. The van der Waals surface area contributed by atoms with Gasteiger partial charge in [0.15, 0.2) is 0 Å². The van der Waals surface area contributed by atoms with Crippen LogP contribution in [0.25, 0.3) is 0 Å². The van der Waals surface area contributed by atoms with Crippen molar-refractivity contribution in [3.8, 4) is 0 Å². The first-order chi connectivity index (χ1) is 9.71. The van der Waals surface area contributed by atoms with Crippen molar-refractivity contribution in [2.45, 2.75) is 71.9 Å². The number of carbonyl (C=O) groups excluding carboxylic acids is 1. The molecule has 0 aliphatic heterocycles. The first kappa shape index (κ1) is 16.7. The van der Waals surface area contributed by atoms with Crippen LogP contribution in [0.15, 0.2) is 12.5 Å². The summed E-state index contributed by atoms with van der Waals surface area (Å²) in [4.78, 5) is 11.3. The van der Waals surface area contributed by atoms with E-state index >= 15 is 0 Å². The van der Waals surface area contributed by atoms with E-state index in [9.17, 15) is 4.79 Å². The second-order valence-corrected chi connectivity index (χ2v) is 5.30. The van der Waals surface area contributed by atoms with Gasteiger partial charge in [-0.1, -0.05) is 26.7 Å². The summed E-state index contributed by atoms with van der Waals surface area (Å²) in [5, 5.41) is 0. The Hall–Kier alpha value is -1.32. The molecule has 1 aromatic rings. The Kier molecular flexibility index (Phi) is 8.00. The standard InChI is InChI=1S/C16H29N2O2/c1-4-6-8-11-17-13-15(9-10-16(19)20-3)18(14-17)12-7-5-2/h13-14H,4-12H2,1-3H3/q+1. The molecule has 1 rings (SSSR count). The molecule has 0 fully saturated rings. The maximum Gasteiger partial charge on any atom is 0.305 e. The largest absolute Gasteiger partial charge is 0.469 e. The molecule has 4 nitrogen and oxygen atoms in total. The fourth-order valence-electron chi connectivity index (χ4n) is 2.29. The summed E-state index contributed by atoms with van der Waals surface area (Å²) in [5.74, 6) is -0.134. The van der Waals surface area contributed by atoms with Crippen molar-refractivity contribution in [3.63, 3.8) is 0 Å². The van der Waals surface area contributed by atoms with E-state index in [0.29, 0.717) is 6.42 Å². The Balaban J connectivity index is 2.64. The number of nitrogens with zero attached hydrogens (tertiary/aromatic N) is 2. The Bertz CT molecular complexity index is 399. The molecule has 0 amide bonds. The first-order valence-electron chi connectivity index (χ1n) is 7.86. The Morgan fingerprint density at radius 3 is 2.65 bits per heavy atom. The lowest BCUT2D eigenvalue weighted by atomic mass is 10.2. The van der Waals surface area contributed by atoms with Crippen molar-refractivity contribution in [2.24, 2.45) is 0 Å². The highest BCUT2D eigenvalue weighted by Gasteiger charge is 2.14. The van der Waals surface area contributed by atoms with Gasteiger partial charge in [-0.3, -0.25) is 4.79 Å². The average molecular weight is 281 g/mol. The highest BCUT2D eigenvalue weighted by atomic mass is 16.5. The van der Waals surface area contributed by atoms with Gasteiger partial charge in [0.05, 0.1) is 26.6 Å². The van der Waals surface area contributed by atoms with E-state index in [-0.39, 0.29) is 5.97 Å². The van der Waals surface area contributed by atoms with Gasteiger partial charge in [-0.2, -0.15) is 0 Å². The fourth-order valence-corrected chi connectivity index (χ4v) is 2.29. The minimum absolute atomic E-state index is 0.134. The van der Waals surface area contributed by atoms with Crippen LogP contribution in [0, 0.1) is 0 Å². The molecule has 114 valence electrons. The van der Waals surface area contributed by atoms with Crippen LogP contribution in [0.2, 0.25) is 0 Å². The lowest BCUT2D eigenvalue weighted by molar-refractivity contribution is -0.697. The van der Waals surface area contributed by atoms with Gasteiger partial charge in [-0.15, -0.1) is 0 Å². The van der Waals surface area contributed by atoms with Gasteiger partial charge in [-0.25, -0.2) is 9.13 Å². The second kappa shape index (κ2) is 9.56. The van der Waals surface area contributed by atoms with Crippen LogP contribution in [0.3, 0.4) is 0 Å². The van der Waals surface area contributed by atoms with Crippen LogP contribution in [0.5, 0.6) is 0 Å². The highest BCUT2D eigenvalue weighted by Crippen LogP contribution is 2.06. The smallest absolute Gasteiger partial charge is 0.305 e. The number of aryl methyl sites for hydroxylation is 3.